The molecule has 4 nitrogen and oxygen atoms in total. The lowest BCUT2D eigenvalue weighted by Crippen LogP contribution is -2.43. The molecular weight excluding hydrogens is 247 g/mol. The van der Waals surface area contributed by atoms with Crippen LogP contribution in [0.3, 0.4) is 0 Å². The molecule has 0 atom stereocenters. The fourth-order valence-corrected chi connectivity index (χ4v) is 2.10. The van der Waals surface area contributed by atoms with Gasteiger partial charge in [-0.25, -0.2) is 4.39 Å². The molecule has 1 aromatic carbocycles. The third-order valence-electron chi connectivity index (χ3n) is 3.08. The van der Waals surface area contributed by atoms with Crippen LogP contribution in [0.25, 0.3) is 0 Å². The van der Waals surface area contributed by atoms with Gasteiger partial charge in [0.25, 0.3) is 0 Å². The molecule has 1 N–H and O–H groups in total. The maximum Gasteiger partial charge on any atom is 0.150 e. The van der Waals surface area contributed by atoms with Crippen LogP contribution in [0.15, 0.2) is 18.2 Å². The summed E-state index contributed by atoms with van der Waals surface area (Å²) in [6.07, 6.45) is 0. The van der Waals surface area contributed by atoms with Gasteiger partial charge in [0.2, 0.25) is 0 Å². The molecule has 2 rings (SSSR count). The van der Waals surface area contributed by atoms with Crippen molar-refractivity contribution in [2.24, 2.45) is 0 Å². The minimum Gasteiger partial charge on any atom is -0.491 e. The molecule has 106 valence electrons. The summed E-state index contributed by atoms with van der Waals surface area (Å²) < 4.78 is 24.6. The van der Waals surface area contributed by atoms with Gasteiger partial charge < -0.3 is 19.7 Å². The molecular formula is C14H21FN2O2. The molecule has 1 saturated heterocycles. The number of hydrogen-bond donors (Lipinski definition) is 1. The average Bonchev–Trinajstić information content (AvgIpc) is 2.45. The second kappa shape index (κ2) is 7.31. The first kappa shape index (κ1) is 14.1. The van der Waals surface area contributed by atoms with Crippen LogP contribution in [0, 0.1) is 5.82 Å². The smallest absolute Gasteiger partial charge is 0.150 e. The Bertz CT molecular complexity index is 395. The predicted octanol–water partition coefficient (Wildman–Crippen LogP) is 1.65. The van der Waals surface area contributed by atoms with E-state index >= 15 is 0 Å². The van der Waals surface area contributed by atoms with Gasteiger partial charge in [-0.1, -0.05) is 0 Å². The molecule has 0 saturated carbocycles. The Morgan fingerprint density at radius 1 is 1.26 bits per heavy atom. The van der Waals surface area contributed by atoms with Gasteiger partial charge in [-0.3, -0.25) is 0 Å². The van der Waals surface area contributed by atoms with Gasteiger partial charge in [-0.05, 0) is 19.1 Å². The number of piperazine rings is 1. The summed E-state index contributed by atoms with van der Waals surface area (Å²) in [5, 5.41) is 3.25. The number of anilines is 1. The van der Waals surface area contributed by atoms with E-state index in [0.29, 0.717) is 31.3 Å². The molecule has 1 aliphatic heterocycles. The Morgan fingerprint density at radius 2 is 2.05 bits per heavy atom. The number of nitrogens with zero attached hydrogens (tertiary/aromatic N) is 1. The number of ether oxygens (including phenoxy) is 2. The van der Waals surface area contributed by atoms with Crippen LogP contribution in [0.2, 0.25) is 0 Å². The van der Waals surface area contributed by atoms with Crippen molar-refractivity contribution in [1.82, 2.24) is 5.32 Å². The molecule has 19 heavy (non-hydrogen) atoms. The lowest BCUT2D eigenvalue weighted by molar-refractivity contribution is 0.110. The quantitative estimate of drug-likeness (QED) is 0.795. The zero-order chi connectivity index (χ0) is 13.5. The average molecular weight is 268 g/mol. The summed E-state index contributed by atoms with van der Waals surface area (Å²) in [4.78, 5) is 2.05. The highest BCUT2D eigenvalue weighted by Crippen LogP contribution is 2.24. The Balaban J connectivity index is 1.92. The van der Waals surface area contributed by atoms with Crippen LogP contribution in [-0.4, -0.2) is 46.0 Å². The van der Waals surface area contributed by atoms with E-state index in [0.717, 1.165) is 26.2 Å². The van der Waals surface area contributed by atoms with E-state index in [-0.39, 0.29) is 5.82 Å². The summed E-state index contributed by atoms with van der Waals surface area (Å²) in [5.41, 5.74) is 0.652. The molecule has 0 radical (unpaired) electrons. The van der Waals surface area contributed by atoms with E-state index in [1.54, 1.807) is 6.07 Å². The molecule has 1 aromatic rings. The van der Waals surface area contributed by atoms with Gasteiger partial charge in [0.15, 0.2) is 0 Å². The maximum absolute atomic E-state index is 14.0. The molecule has 0 aliphatic carbocycles. The Morgan fingerprint density at radius 3 is 2.74 bits per heavy atom. The van der Waals surface area contributed by atoms with Crippen LogP contribution in [0.4, 0.5) is 10.1 Å². The fourth-order valence-electron chi connectivity index (χ4n) is 2.10. The van der Waals surface area contributed by atoms with E-state index in [2.05, 4.69) is 10.2 Å². The molecule has 0 unspecified atom stereocenters. The number of benzene rings is 1. The van der Waals surface area contributed by atoms with Crippen LogP contribution in [0.5, 0.6) is 5.75 Å². The van der Waals surface area contributed by atoms with E-state index < -0.39 is 0 Å². The number of halogens is 1. The predicted molar refractivity (Wildman–Crippen MR) is 73.5 cm³/mol. The Labute approximate surface area is 113 Å². The number of rotatable bonds is 6. The van der Waals surface area contributed by atoms with E-state index in [9.17, 15) is 4.39 Å². The van der Waals surface area contributed by atoms with Crippen molar-refractivity contribution in [1.29, 1.82) is 0 Å². The van der Waals surface area contributed by atoms with Gasteiger partial charge in [-0.2, -0.15) is 0 Å². The summed E-state index contributed by atoms with van der Waals surface area (Å²) in [5.74, 6) is 0.326. The van der Waals surface area contributed by atoms with Gasteiger partial charge in [0.1, 0.15) is 18.2 Å². The van der Waals surface area contributed by atoms with Crippen molar-refractivity contribution in [3.05, 3.63) is 24.0 Å². The molecule has 1 aliphatic rings. The third kappa shape index (κ3) is 4.08. The van der Waals surface area contributed by atoms with Crippen molar-refractivity contribution in [3.8, 4) is 5.75 Å². The molecule has 5 heteroatoms. The maximum atomic E-state index is 14.0. The molecule has 0 bridgehead atoms. The highest BCUT2D eigenvalue weighted by atomic mass is 19.1. The van der Waals surface area contributed by atoms with E-state index in [4.69, 9.17) is 9.47 Å². The summed E-state index contributed by atoms with van der Waals surface area (Å²) in [6, 6.07) is 5.05. The second-order valence-electron chi connectivity index (χ2n) is 4.40. The standard InChI is InChI=1S/C14H21FN2O2/c1-2-18-9-10-19-12-3-4-14(13(15)11-12)17-7-5-16-6-8-17/h3-4,11,16H,2,5-10H2,1H3. The molecule has 1 fully saturated rings. The van der Waals surface area contributed by atoms with E-state index in [1.807, 2.05) is 13.0 Å². The normalized spacial score (nSPS) is 15.6. The van der Waals surface area contributed by atoms with E-state index in [1.165, 1.54) is 6.07 Å². The summed E-state index contributed by atoms with van der Waals surface area (Å²) in [7, 11) is 0. The molecule has 0 amide bonds. The largest absolute Gasteiger partial charge is 0.491 e. The van der Waals surface area contributed by atoms with Crippen molar-refractivity contribution < 1.29 is 13.9 Å². The van der Waals surface area contributed by atoms with Crippen molar-refractivity contribution in [3.63, 3.8) is 0 Å². The third-order valence-corrected chi connectivity index (χ3v) is 3.08. The lowest BCUT2D eigenvalue weighted by Gasteiger charge is -2.29. The number of nitrogens with one attached hydrogen (secondary N) is 1. The minimum absolute atomic E-state index is 0.226. The van der Waals surface area contributed by atoms with Crippen LogP contribution < -0.4 is 15.0 Å². The summed E-state index contributed by atoms with van der Waals surface area (Å²) in [6.45, 7) is 7.03. The fraction of sp³-hybridized carbons (Fsp3) is 0.571. The Hall–Kier alpha value is -1.33. The topological polar surface area (TPSA) is 33.7 Å². The van der Waals surface area contributed by atoms with Crippen LogP contribution in [-0.2, 0) is 4.74 Å². The van der Waals surface area contributed by atoms with Gasteiger partial charge in [0, 0.05) is 38.9 Å². The first-order valence-electron chi connectivity index (χ1n) is 6.77. The first-order valence-corrected chi connectivity index (χ1v) is 6.77. The van der Waals surface area contributed by atoms with Crippen LogP contribution >= 0.6 is 0 Å². The highest BCUT2D eigenvalue weighted by Gasteiger charge is 2.14. The summed E-state index contributed by atoms with van der Waals surface area (Å²) >= 11 is 0. The lowest BCUT2D eigenvalue weighted by atomic mass is 10.2. The second-order valence-corrected chi connectivity index (χ2v) is 4.40. The minimum atomic E-state index is -0.226. The van der Waals surface area contributed by atoms with Crippen molar-refractivity contribution >= 4 is 5.69 Å². The van der Waals surface area contributed by atoms with Gasteiger partial charge in [0.05, 0.1) is 12.3 Å². The van der Waals surface area contributed by atoms with Gasteiger partial charge >= 0.3 is 0 Å². The number of hydrogen-bond acceptors (Lipinski definition) is 4. The van der Waals surface area contributed by atoms with Gasteiger partial charge in [-0.15, -0.1) is 0 Å². The monoisotopic (exact) mass is 268 g/mol. The molecule has 0 spiro atoms. The highest BCUT2D eigenvalue weighted by molar-refractivity contribution is 5.51. The first-order chi connectivity index (χ1) is 9.31. The van der Waals surface area contributed by atoms with Crippen molar-refractivity contribution in [2.45, 2.75) is 6.92 Å². The SMILES string of the molecule is CCOCCOc1ccc(N2CCNCC2)c(F)c1. The van der Waals surface area contributed by atoms with Crippen molar-refractivity contribution in [2.75, 3.05) is 50.9 Å². The Kier molecular flexibility index (Phi) is 5.42. The zero-order valence-corrected chi connectivity index (χ0v) is 11.3. The zero-order valence-electron chi connectivity index (χ0n) is 11.3. The molecule has 0 aromatic heterocycles. The van der Waals surface area contributed by atoms with Crippen LogP contribution in [0.1, 0.15) is 6.92 Å². The molecule has 1 heterocycles.